The molecule has 4 aliphatic rings. The van der Waals surface area contributed by atoms with Gasteiger partial charge in [-0.2, -0.15) is 9.97 Å². The summed E-state index contributed by atoms with van der Waals surface area (Å²) in [6.45, 7) is 0. The summed E-state index contributed by atoms with van der Waals surface area (Å²) in [5, 5.41) is 0.146. The Labute approximate surface area is 179 Å². The van der Waals surface area contributed by atoms with Crippen LogP contribution in [0.2, 0.25) is 5.28 Å². The van der Waals surface area contributed by atoms with E-state index in [0.29, 0.717) is 22.5 Å². The minimum absolute atomic E-state index is 0.146. The van der Waals surface area contributed by atoms with Crippen LogP contribution in [0.5, 0.6) is 0 Å². The predicted molar refractivity (Wildman–Crippen MR) is 113 cm³/mol. The van der Waals surface area contributed by atoms with E-state index in [1.165, 1.54) is 49.8 Å². The molecule has 2 aromatic carbocycles. The molecular weight excluding hydrogens is 397 g/mol. The van der Waals surface area contributed by atoms with E-state index >= 15 is 0 Å². The van der Waals surface area contributed by atoms with E-state index < -0.39 is 0 Å². The molecule has 5 heteroatoms. The number of hydrogen-bond donors (Lipinski definition) is 0. The van der Waals surface area contributed by atoms with Crippen molar-refractivity contribution >= 4 is 11.6 Å². The number of fused-ring (bicyclic) bond motifs is 1. The minimum Gasteiger partial charge on any atom is -0.208 e. The Hall–Kier alpha value is -2.33. The van der Waals surface area contributed by atoms with Crippen molar-refractivity contribution in [3.05, 3.63) is 65.2 Å². The topological polar surface area (TPSA) is 38.7 Å². The maximum absolute atomic E-state index is 13.3. The molecule has 0 amide bonds. The molecule has 2 bridgehead atoms. The van der Waals surface area contributed by atoms with Gasteiger partial charge in [0.25, 0.3) is 0 Å². The zero-order valence-electron chi connectivity index (χ0n) is 16.5. The van der Waals surface area contributed by atoms with Gasteiger partial charge in [0.2, 0.25) is 5.28 Å². The lowest BCUT2D eigenvalue weighted by Gasteiger charge is -2.73. The number of benzene rings is 2. The van der Waals surface area contributed by atoms with E-state index in [0.717, 1.165) is 28.9 Å². The molecule has 150 valence electrons. The van der Waals surface area contributed by atoms with E-state index in [-0.39, 0.29) is 11.1 Å². The molecule has 7 rings (SSSR count). The van der Waals surface area contributed by atoms with E-state index in [2.05, 4.69) is 39.2 Å². The fourth-order valence-electron chi connectivity index (χ4n) is 7.83. The number of aromatic nitrogens is 3. The third-order valence-electron chi connectivity index (χ3n) is 8.80. The third-order valence-corrected chi connectivity index (χ3v) is 8.97. The first kappa shape index (κ1) is 17.4. The summed E-state index contributed by atoms with van der Waals surface area (Å²) < 4.78 is 13.3. The summed E-state index contributed by atoms with van der Waals surface area (Å²) in [7, 11) is 0. The van der Waals surface area contributed by atoms with Gasteiger partial charge < -0.3 is 0 Å². The zero-order valence-corrected chi connectivity index (χ0v) is 17.2. The Morgan fingerprint density at radius 3 is 2.07 bits per heavy atom. The van der Waals surface area contributed by atoms with Gasteiger partial charge in [-0.1, -0.05) is 24.3 Å². The average molecular weight is 418 g/mol. The lowest BCUT2D eigenvalue weighted by atomic mass is 9.31. The number of nitrogens with zero attached hydrogens (tertiary/aromatic N) is 3. The van der Waals surface area contributed by atoms with Gasteiger partial charge in [0.15, 0.2) is 11.6 Å². The third kappa shape index (κ3) is 2.03. The molecule has 4 aliphatic carbocycles. The van der Waals surface area contributed by atoms with Crippen molar-refractivity contribution in [1.29, 1.82) is 0 Å². The van der Waals surface area contributed by atoms with Crippen LogP contribution in [-0.2, 0) is 5.41 Å². The molecule has 0 saturated heterocycles. The van der Waals surface area contributed by atoms with Gasteiger partial charge in [0.1, 0.15) is 5.82 Å². The number of rotatable bonds is 3. The lowest BCUT2D eigenvalue weighted by molar-refractivity contribution is -0.198. The molecule has 4 fully saturated rings. The molecule has 1 heterocycles. The van der Waals surface area contributed by atoms with Crippen molar-refractivity contribution in [1.82, 2.24) is 15.0 Å². The molecule has 0 radical (unpaired) electrons. The van der Waals surface area contributed by atoms with Crippen LogP contribution in [0.1, 0.15) is 37.7 Å². The first-order valence-electron chi connectivity index (χ1n) is 10.9. The SMILES string of the molecule is Fc1ccc(-c2nc(Cl)nc(-c3ccc(C45CC6CC7CC(C4)C75C6)cc3)n2)cc1. The Balaban J connectivity index is 1.24. The smallest absolute Gasteiger partial charge is 0.208 e. The van der Waals surface area contributed by atoms with Crippen molar-refractivity contribution in [3.8, 4) is 22.8 Å². The standard InChI is InChI=1S/C25H21ClFN3/c26-23-29-21(28-22(30-23)16-3-7-20(27)8-4-16)15-1-5-17(6-2-15)24-11-14-9-18-10-19(13-24)25(18,24)12-14/h1-8,14,18-19H,9-13H2. The summed E-state index contributed by atoms with van der Waals surface area (Å²) >= 11 is 6.19. The molecule has 5 atom stereocenters. The van der Waals surface area contributed by atoms with E-state index in [4.69, 9.17) is 11.6 Å². The first-order valence-corrected chi connectivity index (χ1v) is 11.2. The molecule has 0 aliphatic heterocycles. The number of hydrogen-bond acceptors (Lipinski definition) is 3. The largest absolute Gasteiger partial charge is 0.226 e. The highest BCUT2D eigenvalue weighted by molar-refractivity contribution is 6.28. The van der Waals surface area contributed by atoms with Crippen LogP contribution in [0, 0.1) is 29.0 Å². The van der Waals surface area contributed by atoms with Crippen LogP contribution in [0.25, 0.3) is 22.8 Å². The van der Waals surface area contributed by atoms with Crippen molar-refractivity contribution < 1.29 is 4.39 Å². The monoisotopic (exact) mass is 417 g/mol. The Morgan fingerprint density at radius 2 is 1.43 bits per heavy atom. The Morgan fingerprint density at radius 1 is 0.767 bits per heavy atom. The number of halogens is 2. The van der Waals surface area contributed by atoms with E-state index in [1.54, 1.807) is 12.1 Å². The fraction of sp³-hybridized carbons (Fsp3) is 0.400. The van der Waals surface area contributed by atoms with Crippen molar-refractivity contribution in [2.45, 2.75) is 37.5 Å². The summed E-state index contributed by atoms with van der Waals surface area (Å²) in [5.41, 5.74) is 4.22. The van der Waals surface area contributed by atoms with Gasteiger partial charge in [0.05, 0.1) is 0 Å². The van der Waals surface area contributed by atoms with Gasteiger partial charge in [0, 0.05) is 16.5 Å². The Bertz CT molecular complexity index is 1180. The predicted octanol–water partition coefficient (Wildman–Crippen LogP) is 6.08. The second-order valence-corrected chi connectivity index (χ2v) is 10.1. The van der Waals surface area contributed by atoms with E-state index in [9.17, 15) is 4.39 Å². The van der Waals surface area contributed by atoms with Crippen LogP contribution in [0.15, 0.2) is 48.5 Å². The molecule has 3 nitrogen and oxygen atoms in total. The van der Waals surface area contributed by atoms with Gasteiger partial charge in [-0.15, -0.1) is 0 Å². The first-order chi connectivity index (χ1) is 14.6. The summed E-state index contributed by atoms with van der Waals surface area (Å²) in [5.74, 6) is 3.63. The maximum Gasteiger partial charge on any atom is 0.226 e. The second kappa shape index (κ2) is 5.67. The van der Waals surface area contributed by atoms with E-state index in [1.807, 2.05) is 0 Å². The average Bonchev–Trinajstić information content (AvgIpc) is 3.24. The summed E-state index contributed by atoms with van der Waals surface area (Å²) in [6, 6.07) is 15.0. The Kier molecular flexibility index (Phi) is 3.28. The molecule has 3 aromatic rings. The minimum atomic E-state index is -0.291. The highest BCUT2D eigenvalue weighted by atomic mass is 35.5. The molecule has 5 unspecified atom stereocenters. The normalized spacial score (nSPS) is 34.9. The molecule has 0 N–H and O–H groups in total. The summed E-state index contributed by atoms with van der Waals surface area (Å²) in [4.78, 5) is 13.2. The van der Waals surface area contributed by atoms with Crippen LogP contribution < -0.4 is 0 Å². The fourth-order valence-corrected chi connectivity index (χ4v) is 7.99. The van der Waals surface area contributed by atoms with Crippen molar-refractivity contribution in [2.24, 2.45) is 23.2 Å². The zero-order chi connectivity index (χ0) is 20.1. The van der Waals surface area contributed by atoms with Gasteiger partial charge in [-0.3, -0.25) is 0 Å². The van der Waals surface area contributed by atoms with Crippen LogP contribution in [0.3, 0.4) is 0 Å². The quantitative estimate of drug-likeness (QED) is 0.518. The molecule has 4 saturated carbocycles. The van der Waals surface area contributed by atoms with Crippen LogP contribution in [0.4, 0.5) is 4.39 Å². The molecule has 1 aromatic heterocycles. The molecule has 1 spiro atoms. The van der Waals surface area contributed by atoms with Crippen molar-refractivity contribution in [3.63, 3.8) is 0 Å². The molecule has 30 heavy (non-hydrogen) atoms. The van der Waals surface area contributed by atoms with Crippen LogP contribution >= 0.6 is 11.6 Å². The van der Waals surface area contributed by atoms with Gasteiger partial charge in [-0.05, 0) is 96.7 Å². The lowest BCUT2D eigenvalue weighted by Crippen LogP contribution is -2.68. The maximum atomic E-state index is 13.3. The highest BCUT2D eigenvalue weighted by Crippen LogP contribution is 2.86. The highest BCUT2D eigenvalue weighted by Gasteiger charge is 2.80. The van der Waals surface area contributed by atoms with Crippen LogP contribution in [-0.4, -0.2) is 15.0 Å². The van der Waals surface area contributed by atoms with Gasteiger partial charge in [-0.25, -0.2) is 9.37 Å². The van der Waals surface area contributed by atoms with Crippen molar-refractivity contribution in [2.75, 3.05) is 0 Å². The molecular formula is C25H21ClFN3. The van der Waals surface area contributed by atoms with Gasteiger partial charge >= 0.3 is 0 Å². The second-order valence-electron chi connectivity index (χ2n) is 9.80. The summed E-state index contributed by atoms with van der Waals surface area (Å²) in [6.07, 6.45) is 7.18.